The second-order valence-electron chi connectivity index (χ2n) is 5.61. The third-order valence-corrected chi connectivity index (χ3v) is 6.20. The molecule has 0 aliphatic carbocycles. The summed E-state index contributed by atoms with van der Waals surface area (Å²) >= 11 is 0. The molecular formula is C12H24N2O8S2. The molecule has 6 N–H and O–H groups in total. The van der Waals surface area contributed by atoms with Crippen LogP contribution < -0.4 is 10.3 Å². The topological polar surface area (TPSA) is 195 Å². The molecule has 0 aromatic carbocycles. The fourth-order valence-electron chi connectivity index (χ4n) is 2.25. The molecule has 0 aromatic heterocycles. The van der Waals surface area contributed by atoms with Gasteiger partial charge in [-0.3, -0.25) is 9.59 Å². The van der Waals surface area contributed by atoms with Crippen molar-refractivity contribution in [2.24, 2.45) is 10.3 Å². The molecule has 2 atom stereocenters. The van der Waals surface area contributed by atoms with E-state index in [0.717, 1.165) is 0 Å². The van der Waals surface area contributed by atoms with E-state index in [-0.39, 0.29) is 12.8 Å². The Balaban J connectivity index is 4.24. The van der Waals surface area contributed by atoms with Crippen molar-refractivity contribution in [3.8, 4) is 0 Å². The highest BCUT2D eigenvalue weighted by molar-refractivity contribution is 7.90. The van der Waals surface area contributed by atoms with Crippen LogP contribution in [0.1, 0.15) is 51.4 Å². The van der Waals surface area contributed by atoms with Gasteiger partial charge in [-0.25, -0.2) is 27.1 Å². The average molecular weight is 388 g/mol. The summed E-state index contributed by atoms with van der Waals surface area (Å²) in [5, 5.41) is 25.0. The number of unbranched alkanes of at least 4 members (excludes halogenated alkanes) is 3. The molecule has 0 radical (unpaired) electrons. The first-order chi connectivity index (χ1) is 10.8. The van der Waals surface area contributed by atoms with Crippen LogP contribution in [0, 0.1) is 0 Å². The zero-order valence-corrected chi connectivity index (χ0v) is 14.8. The van der Waals surface area contributed by atoms with Crippen molar-refractivity contribution >= 4 is 32.0 Å². The SMILES string of the molecule is NS(=O)(=O)C(CCCCCCC(CC(=O)O)S(N)(=O)=O)CC(=O)O. The predicted octanol–water partition coefficient (Wildman–Crippen LogP) is -0.409. The van der Waals surface area contributed by atoms with Gasteiger partial charge in [0.25, 0.3) is 0 Å². The highest BCUT2D eigenvalue weighted by atomic mass is 32.2. The molecule has 0 aromatic rings. The Hall–Kier alpha value is -1.24. The Kier molecular flexibility index (Phi) is 9.40. The zero-order chi connectivity index (χ0) is 19.0. The lowest BCUT2D eigenvalue weighted by Gasteiger charge is -2.13. The first-order valence-electron chi connectivity index (χ1n) is 7.31. The second kappa shape index (κ2) is 9.91. The van der Waals surface area contributed by atoms with Crippen molar-refractivity contribution in [1.82, 2.24) is 0 Å². The summed E-state index contributed by atoms with van der Waals surface area (Å²) in [6.45, 7) is 0. The number of nitrogens with two attached hydrogens (primary N) is 2. The third-order valence-electron chi connectivity index (χ3n) is 3.54. The molecule has 10 nitrogen and oxygen atoms in total. The highest BCUT2D eigenvalue weighted by Gasteiger charge is 2.25. The number of aliphatic carboxylic acids is 2. The van der Waals surface area contributed by atoms with E-state index in [1.54, 1.807) is 0 Å². The van der Waals surface area contributed by atoms with Crippen molar-refractivity contribution in [3.63, 3.8) is 0 Å². The molecule has 0 heterocycles. The largest absolute Gasteiger partial charge is 0.481 e. The van der Waals surface area contributed by atoms with Gasteiger partial charge >= 0.3 is 11.9 Å². The monoisotopic (exact) mass is 388 g/mol. The Morgan fingerprint density at radius 1 is 0.708 bits per heavy atom. The number of rotatable bonds is 13. The van der Waals surface area contributed by atoms with E-state index in [4.69, 9.17) is 20.5 Å². The molecule has 12 heteroatoms. The molecule has 0 amide bonds. The minimum absolute atomic E-state index is 0.0961. The fraction of sp³-hybridized carbons (Fsp3) is 0.833. The molecule has 0 saturated heterocycles. The van der Waals surface area contributed by atoms with E-state index in [1.165, 1.54) is 0 Å². The molecule has 24 heavy (non-hydrogen) atoms. The van der Waals surface area contributed by atoms with E-state index in [1.807, 2.05) is 0 Å². The number of hydrogen-bond acceptors (Lipinski definition) is 6. The van der Waals surface area contributed by atoms with E-state index in [2.05, 4.69) is 0 Å². The molecule has 0 spiro atoms. The van der Waals surface area contributed by atoms with Crippen molar-refractivity contribution in [2.75, 3.05) is 0 Å². The molecule has 2 unspecified atom stereocenters. The third kappa shape index (κ3) is 10.5. The molecule has 0 rings (SSSR count). The molecule has 142 valence electrons. The maximum atomic E-state index is 11.3. The lowest BCUT2D eigenvalue weighted by Crippen LogP contribution is -2.31. The first kappa shape index (κ1) is 22.8. The lowest BCUT2D eigenvalue weighted by atomic mass is 10.1. The number of carbonyl (C=O) groups is 2. The van der Waals surface area contributed by atoms with Crippen LogP contribution in [0.3, 0.4) is 0 Å². The summed E-state index contributed by atoms with van der Waals surface area (Å²) in [6.07, 6.45) is 0.959. The van der Waals surface area contributed by atoms with Crippen molar-refractivity contribution in [1.29, 1.82) is 0 Å². The number of hydrogen-bond donors (Lipinski definition) is 4. The highest BCUT2D eigenvalue weighted by Crippen LogP contribution is 2.17. The Labute approximate surface area is 141 Å². The summed E-state index contributed by atoms with van der Waals surface area (Å²) in [7, 11) is -7.88. The van der Waals surface area contributed by atoms with Crippen molar-refractivity contribution < 1.29 is 36.6 Å². The number of primary sulfonamides is 2. The van der Waals surface area contributed by atoms with Gasteiger partial charge in [-0.1, -0.05) is 25.7 Å². The summed E-state index contributed by atoms with van der Waals surface area (Å²) < 4.78 is 45.1. The zero-order valence-electron chi connectivity index (χ0n) is 13.1. The van der Waals surface area contributed by atoms with Crippen LogP contribution in [0.2, 0.25) is 0 Å². The van der Waals surface area contributed by atoms with Crippen molar-refractivity contribution in [2.45, 2.75) is 61.9 Å². The van der Waals surface area contributed by atoms with Gasteiger partial charge in [-0.05, 0) is 12.8 Å². The van der Waals surface area contributed by atoms with Gasteiger partial charge in [-0.15, -0.1) is 0 Å². The normalized spacial score (nSPS) is 14.9. The van der Waals surface area contributed by atoms with E-state index < -0.39 is 55.3 Å². The van der Waals surface area contributed by atoms with E-state index >= 15 is 0 Å². The van der Waals surface area contributed by atoms with Crippen LogP contribution in [-0.4, -0.2) is 49.5 Å². The van der Waals surface area contributed by atoms with E-state index in [9.17, 15) is 26.4 Å². The first-order valence-corrected chi connectivity index (χ1v) is 10.5. The van der Waals surface area contributed by atoms with Crippen LogP contribution in [0.5, 0.6) is 0 Å². The standard InChI is InChI=1S/C12H24N2O8S2/c13-23(19,20)9(7-11(15)16)5-3-1-2-4-6-10(8-12(17)18)24(14,21)22/h9-10H,1-8H2,(H,15,16)(H,17,18)(H2,13,19,20)(H2,14,21,22). The van der Waals surface area contributed by atoms with Gasteiger partial charge in [0.05, 0.1) is 23.3 Å². The molecular weight excluding hydrogens is 364 g/mol. The van der Waals surface area contributed by atoms with Crippen LogP contribution in [0.15, 0.2) is 0 Å². The van der Waals surface area contributed by atoms with E-state index in [0.29, 0.717) is 25.7 Å². The molecule has 0 bridgehead atoms. The quantitative estimate of drug-likeness (QED) is 0.305. The predicted molar refractivity (Wildman–Crippen MR) is 86.0 cm³/mol. The second-order valence-corrected chi connectivity index (χ2v) is 9.30. The number of sulfonamides is 2. The van der Waals surface area contributed by atoms with Crippen molar-refractivity contribution in [3.05, 3.63) is 0 Å². The smallest absolute Gasteiger partial charge is 0.304 e. The summed E-state index contributed by atoms with van der Waals surface area (Å²) in [5.74, 6) is -2.50. The van der Waals surface area contributed by atoms with Gasteiger partial charge in [0.15, 0.2) is 0 Å². The number of carboxylic acids is 2. The maximum Gasteiger partial charge on any atom is 0.304 e. The minimum atomic E-state index is -3.94. The van der Waals surface area contributed by atoms with Crippen LogP contribution in [0.4, 0.5) is 0 Å². The van der Waals surface area contributed by atoms with Crippen LogP contribution in [0.25, 0.3) is 0 Å². The molecule has 0 saturated carbocycles. The fourth-order valence-corrected chi connectivity index (χ4v) is 3.99. The molecule has 0 aliphatic heterocycles. The van der Waals surface area contributed by atoms with Gasteiger partial charge in [0, 0.05) is 0 Å². The van der Waals surface area contributed by atoms with Gasteiger partial charge in [0.2, 0.25) is 20.0 Å². The average Bonchev–Trinajstić information content (AvgIpc) is 2.36. The van der Waals surface area contributed by atoms with Gasteiger partial charge in [-0.2, -0.15) is 0 Å². The Bertz CT molecular complexity index is 573. The maximum absolute atomic E-state index is 11.3. The molecule has 0 fully saturated rings. The Morgan fingerprint density at radius 3 is 1.21 bits per heavy atom. The van der Waals surface area contributed by atoms with Gasteiger partial charge in [0.1, 0.15) is 0 Å². The summed E-state index contributed by atoms with van der Waals surface area (Å²) in [6, 6.07) is 0. The van der Waals surface area contributed by atoms with Gasteiger partial charge < -0.3 is 10.2 Å². The van der Waals surface area contributed by atoms with Crippen LogP contribution in [-0.2, 0) is 29.6 Å². The molecule has 0 aliphatic rings. The lowest BCUT2D eigenvalue weighted by molar-refractivity contribution is -0.138. The number of carboxylic acid groups (broad SMARTS) is 2. The minimum Gasteiger partial charge on any atom is -0.481 e. The van der Waals surface area contributed by atoms with Crippen LogP contribution >= 0.6 is 0 Å². The summed E-state index contributed by atoms with van der Waals surface area (Å²) in [5.41, 5.74) is 0. The Morgan fingerprint density at radius 2 is 1.00 bits per heavy atom. The summed E-state index contributed by atoms with van der Waals surface area (Å²) in [4.78, 5) is 21.2.